The van der Waals surface area contributed by atoms with Gasteiger partial charge in [-0.15, -0.1) is 0 Å². The first-order valence-electron chi connectivity index (χ1n) is 7.29. The molecule has 0 fully saturated rings. The summed E-state index contributed by atoms with van der Waals surface area (Å²) in [6.45, 7) is 0.0967. The van der Waals surface area contributed by atoms with E-state index in [4.69, 9.17) is 32.4 Å². The molecule has 1 aromatic heterocycles. The van der Waals surface area contributed by atoms with Gasteiger partial charge in [0.05, 0.1) is 5.02 Å². The number of phenolic OH excluding ortho intramolecular Hbond substituents is 1. The highest BCUT2D eigenvalue weighted by molar-refractivity contribution is 6.42. The third kappa shape index (κ3) is 4.26. The van der Waals surface area contributed by atoms with E-state index in [0.717, 1.165) is 0 Å². The first-order chi connectivity index (χ1) is 12.0. The summed E-state index contributed by atoms with van der Waals surface area (Å²) >= 11 is 12.0. The van der Waals surface area contributed by atoms with Crippen molar-refractivity contribution in [3.63, 3.8) is 0 Å². The van der Waals surface area contributed by atoms with Crippen molar-refractivity contribution in [1.82, 2.24) is 0 Å². The van der Waals surface area contributed by atoms with Gasteiger partial charge in [-0.05, 0) is 36.4 Å². The largest absolute Gasteiger partial charge is 0.508 e. The number of aromatic hydroxyl groups is 1. The molecule has 1 amide bonds. The zero-order valence-electron chi connectivity index (χ0n) is 12.8. The molecule has 0 saturated carbocycles. The van der Waals surface area contributed by atoms with Gasteiger partial charge in [-0.2, -0.15) is 0 Å². The molecule has 3 aromatic rings. The van der Waals surface area contributed by atoms with Crippen LogP contribution < -0.4 is 10.1 Å². The number of hydrogen-bond acceptors (Lipinski definition) is 4. The average Bonchev–Trinajstić information content (AvgIpc) is 3.05. The zero-order chi connectivity index (χ0) is 17.8. The van der Waals surface area contributed by atoms with Crippen LogP contribution in [0.15, 0.2) is 59.0 Å². The van der Waals surface area contributed by atoms with Crippen molar-refractivity contribution in [3.05, 3.63) is 76.2 Å². The van der Waals surface area contributed by atoms with E-state index in [1.165, 1.54) is 18.2 Å². The van der Waals surface area contributed by atoms with Crippen LogP contribution in [0.4, 0.5) is 5.69 Å². The number of amides is 1. The lowest BCUT2D eigenvalue weighted by Crippen LogP contribution is -2.10. The molecule has 0 aliphatic rings. The average molecular weight is 378 g/mol. The van der Waals surface area contributed by atoms with Crippen LogP contribution in [-0.2, 0) is 6.61 Å². The summed E-state index contributed by atoms with van der Waals surface area (Å²) in [7, 11) is 0. The maximum Gasteiger partial charge on any atom is 0.291 e. The molecule has 3 rings (SSSR count). The Morgan fingerprint density at radius 1 is 1.12 bits per heavy atom. The second-order valence-corrected chi connectivity index (χ2v) is 5.90. The number of ether oxygens (including phenoxy) is 1. The summed E-state index contributed by atoms with van der Waals surface area (Å²) in [5, 5.41) is 12.8. The number of rotatable bonds is 5. The van der Waals surface area contributed by atoms with Crippen LogP contribution in [0.2, 0.25) is 10.0 Å². The molecular weight excluding hydrogens is 365 g/mol. The number of hydrogen-bond donors (Lipinski definition) is 2. The van der Waals surface area contributed by atoms with Crippen molar-refractivity contribution in [2.45, 2.75) is 6.61 Å². The van der Waals surface area contributed by atoms with Crippen LogP contribution in [0.1, 0.15) is 16.3 Å². The number of carbonyl (C=O) groups excluding carboxylic acids is 1. The van der Waals surface area contributed by atoms with Gasteiger partial charge >= 0.3 is 0 Å². The monoisotopic (exact) mass is 377 g/mol. The minimum atomic E-state index is -0.433. The third-order valence-electron chi connectivity index (χ3n) is 3.28. The van der Waals surface area contributed by atoms with Crippen molar-refractivity contribution in [2.75, 3.05) is 5.32 Å². The van der Waals surface area contributed by atoms with E-state index in [2.05, 4.69) is 5.32 Å². The Labute approximate surface area is 153 Å². The molecule has 0 radical (unpaired) electrons. The number of benzene rings is 2. The first kappa shape index (κ1) is 17.2. The molecule has 25 heavy (non-hydrogen) atoms. The molecule has 0 bridgehead atoms. The molecule has 0 atom stereocenters. The fourth-order valence-corrected chi connectivity index (χ4v) is 2.44. The van der Waals surface area contributed by atoms with Crippen molar-refractivity contribution in [1.29, 1.82) is 0 Å². The van der Waals surface area contributed by atoms with Crippen molar-refractivity contribution in [3.8, 4) is 11.5 Å². The molecule has 5 nitrogen and oxygen atoms in total. The van der Waals surface area contributed by atoms with Crippen LogP contribution in [0.5, 0.6) is 11.5 Å². The molecule has 0 aliphatic carbocycles. The van der Waals surface area contributed by atoms with Gasteiger partial charge in [-0.25, -0.2) is 0 Å². The van der Waals surface area contributed by atoms with Gasteiger partial charge in [0.1, 0.15) is 28.9 Å². The highest BCUT2D eigenvalue weighted by Gasteiger charge is 2.13. The van der Waals surface area contributed by atoms with E-state index < -0.39 is 5.91 Å². The van der Waals surface area contributed by atoms with Crippen LogP contribution >= 0.6 is 23.2 Å². The molecule has 7 heteroatoms. The van der Waals surface area contributed by atoms with Crippen molar-refractivity contribution >= 4 is 34.8 Å². The highest BCUT2D eigenvalue weighted by atomic mass is 35.5. The Hall–Kier alpha value is -2.63. The second-order valence-electron chi connectivity index (χ2n) is 5.11. The van der Waals surface area contributed by atoms with E-state index in [-0.39, 0.29) is 18.1 Å². The van der Waals surface area contributed by atoms with Crippen LogP contribution in [0.25, 0.3) is 0 Å². The molecule has 2 N–H and O–H groups in total. The van der Waals surface area contributed by atoms with E-state index in [0.29, 0.717) is 27.2 Å². The van der Waals surface area contributed by atoms with E-state index in [1.54, 1.807) is 36.4 Å². The minimum Gasteiger partial charge on any atom is -0.508 e. The Morgan fingerprint density at radius 2 is 1.92 bits per heavy atom. The number of halogens is 2. The van der Waals surface area contributed by atoms with Gasteiger partial charge in [-0.3, -0.25) is 4.79 Å². The number of furan rings is 1. The lowest BCUT2D eigenvalue weighted by Gasteiger charge is -2.07. The normalized spacial score (nSPS) is 10.5. The fraction of sp³-hybridized carbons (Fsp3) is 0.0556. The van der Waals surface area contributed by atoms with Crippen molar-refractivity contribution in [2.24, 2.45) is 0 Å². The Morgan fingerprint density at radius 3 is 2.72 bits per heavy atom. The molecule has 0 unspecified atom stereocenters. The topological polar surface area (TPSA) is 71.7 Å². The van der Waals surface area contributed by atoms with Gasteiger partial charge in [0.15, 0.2) is 5.76 Å². The smallest absolute Gasteiger partial charge is 0.291 e. The zero-order valence-corrected chi connectivity index (χ0v) is 14.3. The Balaban J connectivity index is 1.64. The van der Waals surface area contributed by atoms with Crippen LogP contribution in [0, 0.1) is 0 Å². The summed E-state index contributed by atoms with van der Waals surface area (Å²) in [5.41, 5.74) is 0.463. The SMILES string of the molecule is O=C(Nc1cccc(O)c1)c1ccc(COc2cccc(Cl)c2Cl)o1. The molecule has 1 heterocycles. The molecule has 128 valence electrons. The number of phenols is 1. The summed E-state index contributed by atoms with van der Waals surface area (Å²) in [4.78, 5) is 12.1. The van der Waals surface area contributed by atoms with E-state index >= 15 is 0 Å². The summed E-state index contributed by atoms with van der Waals surface area (Å²) in [5.74, 6) is 0.634. The number of anilines is 1. The molecule has 0 aliphatic heterocycles. The fourth-order valence-electron chi connectivity index (χ4n) is 2.10. The minimum absolute atomic E-state index is 0.0599. The summed E-state index contributed by atoms with van der Waals surface area (Å²) in [6, 6.07) is 14.5. The lowest BCUT2D eigenvalue weighted by molar-refractivity contribution is 0.0992. The van der Waals surface area contributed by atoms with Gasteiger partial charge in [0, 0.05) is 11.8 Å². The van der Waals surface area contributed by atoms with Gasteiger partial charge in [-0.1, -0.05) is 35.3 Å². The molecule has 0 saturated heterocycles. The maximum absolute atomic E-state index is 12.1. The van der Waals surface area contributed by atoms with Crippen LogP contribution in [-0.4, -0.2) is 11.0 Å². The molecule has 0 spiro atoms. The van der Waals surface area contributed by atoms with E-state index in [9.17, 15) is 9.90 Å². The molecular formula is C18H13Cl2NO4. The number of carbonyl (C=O) groups is 1. The third-order valence-corrected chi connectivity index (χ3v) is 4.08. The van der Waals surface area contributed by atoms with Gasteiger partial charge < -0.3 is 19.6 Å². The number of nitrogens with one attached hydrogen (secondary N) is 1. The first-order valence-corrected chi connectivity index (χ1v) is 8.04. The lowest BCUT2D eigenvalue weighted by atomic mass is 10.3. The van der Waals surface area contributed by atoms with Gasteiger partial charge in [0.25, 0.3) is 5.91 Å². The summed E-state index contributed by atoms with van der Waals surface area (Å²) < 4.78 is 11.0. The Bertz CT molecular complexity index is 908. The maximum atomic E-state index is 12.1. The Kier molecular flexibility index (Phi) is 5.16. The van der Waals surface area contributed by atoms with Crippen LogP contribution in [0.3, 0.4) is 0 Å². The van der Waals surface area contributed by atoms with Crippen molar-refractivity contribution < 1.29 is 19.1 Å². The molecule has 2 aromatic carbocycles. The predicted molar refractivity (Wildman–Crippen MR) is 95.6 cm³/mol. The standard InChI is InChI=1S/C18H13Cl2NO4/c19-14-5-2-6-15(17(14)20)24-10-13-7-8-16(25-13)18(23)21-11-3-1-4-12(22)9-11/h1-9,22H,10H2,(H,21,23). The second kappa shape index (κ2) is 7.51. The quantitative estimate of drug-likeness (QED) is 0.646. The highest BCUT2D eigenvalue weighted by Crippen LogP contribution is 2.32. The van der Waals surface area contributed by atoms with E-state index in [1.807, 2.05) is 0 Å². The van der Waals surface area contributed by atoms with Gasteiger partial charge in [0.2, 0.25) is 0 Å². The summed E-state index contributed by atoms with van der Waals surface area (Å²) in [6.07, 6.45) is 0. The predicted octanol–water partition coefficient (Wildman–Crippen LogP) is 5.12.